The molecule has 1 aliphatic rings. The van der Waals surface area contributed by atoms with Gasteiger partial charge >= 0.3 is 0 Å². The van der Waals surface area contributed by atoms with E-state index in [1.165, 1.54) is 38.5 Å². The van der Waals surface area contributed by atoms with Crippen molar-refractivity contribution in [2.75, 3.05) is 20.8 Å². The van der Waals surface area contributed by atoms with Gasteiger partial charge in [-0.05, 0) is 17.7 Å². The third kappa shape index (κ3) is 4.22. The van der Waals surface area contributed by atoms with Crippen LogP contribution in [-0.2, 0) is 4.74 Å². The number of hydrogen-bond donors (Lipinski definition) is 6. The molecule has 0 saturated carbocycles. The third-order valence-corrected chi connectivity index (χ3v) is 5.75. The summed E-state index contributed by atoms with van der Waals surface area (Å²) in [7, 11) is 2.56. The Balaban J connectivity index is 1.78. The summed E-state index contributed by atoms with van der Waals surface area (Å²) in [4.78, 5) is 13.2. The first kappa shape index (κ1) is 24.6. The largest absolute Gasteiger partial charge is 0.504 e. The van der Waals surface area contributed by atoms with Crippen LogP contribution in [-0.4, -0.2) is 82.2 Å². The lowest BCUT2D eigenvalue weighted by Gasteiger charge is -2.39. The number of aromatic hydroxyl groups is 2. The van der Waals surface area contributed by atoms with E-state index < -0.39 is 48.5 Å². The molecule has 0 unspecified atom stereocenters. The molecule has 2 heterocycles. The molecule has 0 amide bonds. The number of fused-ring (bicyclic) bond motifs is 1. The summed E-state index contributed by atoms with van der Waals surface area (Å²) in [6, 6.07) is 5.46. The van der Waals surface area contributed by atoms with E-state index in [0.29, 0.717) is 5.56 Å². The highest BCUT2D eigenvalue weighted by Gasteiger charge is 2.45. The molecule has 0 spiro atoms. The van der Waals surface area contributed by atoms with Crippen molar-refractivity contribution in [2.24, 2.45) is 0 Å². The van der Waals surface area contributed by atoms with Gasteiger partial charge in [0.1, 0.15) is 41.6 Å². The molecular formula is C23H24O12. The van der Waals surface area contributed by atoms with E-state index in [1.807, 2.05) is 0 Å². The predicted octanol–water partition coefficient (Wildman–Crippen LogP) is 0.0671. The molecule has 0 aliphatic carbocycles. The van der Waals surface area contributed by atoms with Gasteiger partial charge in [0, 0.05) is 6.07 Å². The summed E-state index contributed by atoms with van der Waals surface area (Å²) in [5.41, 5.74) is -0.289. The Morgan fingerprint density at radius 2 is 1.71 bits per heavy atom. The minimum Gasteiger partial charge on any atom is -0.504 e. The molecule has 12 heteroatoms. The molecule has 1 saturated heterocycles. The average Bonchev–Trinajstić information content (AvgIpc) is 2.85. The number of aliphatic hydroxyl groups excluding tert-OH is 4. The first-order valence-electron chi connectivity index (χ1n) is 10.4. The highest BCUT2D eigenvalue weighted by Crippen LogP contribution is 2.43. The number of phenols is 2. The van der Waals surface area contributed by atoms with Crippen LogP contribution >= 0.6 is 0 Å². The SMILES string of the molecule is COc1cc(-c2coc3cc(O[C@H]4O[C@H](CO)[C@H](O)[C@@H](O)[C@H]4O)c(OC)c(O)c3c2=O)ccc1O. The maximum Gasteiger partial charge on any atom is 0.229 e. The summed E-state index contributed by atoms with van der Waals surface area (Å²) < 4.78 is 26.8. The van der Waals surface area contributed by atoms with Crippen LogP contribution < -0.4 is 19.6 Å². The molecular weight excluding hydrogens is 468 g/mol. The topological polar surface area (TPSA) is 189 Å². The zero-order valence-corrected chi connectivity index (χ0v) is 18.6. The third-order valence-electron chi connectivity index (χ3n) is 5.75. The van der Waals surface area contributed by atoms with Gasteiger partial charge in [0.25, 0.3) is 0 Å². The molecule has 0 bridgehead atoms. The normalized spacial score (nSPS) is 24.3. The number of hydrogen-bond acceptors (Lipinski definition) is 12. The standard InChI is InChI=1S/C23H24O12/c1-31-12-5-9(3-4-11(12)25)10-8-33-13-6-14(22(32-2)19(28)16(13)17(10)26)34-23-21(30)20(29)18(27)15(7-24)35-23/h3-6,8,15,18,20-21,23-25,27-30H,7H2,1-2H3/t15-,18+,20-,21-,23+/m1/s1. The maximum absolute atomic E-state index is 13.2. The van der Waals surface area contributed by atoms with E-state index in [9.17, 15) is 35.4 Å². The molecule has 4 rings (SSSR count). The van der Waals surface area contributed by atoms with E-state index in [1.54, 1.807) is 0 Å². The Kier molecular flexibility index (Phi) is 6.74. The lowest BCUT2D eigenvalue weighted by Crippen LogP contribution is -2.60. The van der Waals surface area contributed by atoms with Crippen molar-refractivity contribution in [3.63, 3.8) is 0 Å². The minimum atomic E-state index is -1.71. The number of ether oxygens (including phenoxy) is 4. The Bertz CT molecular complexity index is 1280. The lowest BCUT2D eigenvalue weighted by atomic mass is 9.99. The monoisotopic (exact) mass is 492 g/mol. The molecule has 188 valence electrons. The summed E-state index contributed by atoms with van der Waals surface area (Å²) in [5.74, 6) is -1.11. The van der Waals surface area contributed by atoms with Gasteiger partial charge in [0.15, 0.2) is 23.0 Å². The number of benzene rings is 2. The second-order valence-electron chi connectivity index (χ2n) is 7.81. The van der Waals surface area contributed by atoms with E-state index >= 15 is 0 Å². The molecule has 12 nitrogen and oxygen atoms in total. The molecule has 0 radical (unpaired) electrons. The van der Waals surface area contributed by atoms with Crippen LogP contribution in [0.2, 0.25) is 0 Å². The van der Waals surface area contributed by atoms with Crippen molar-refractivity contribution in [3.05, 3.63) is 40.8 Å². The molecule has 1 fully saturated rings. The fraction of sp³-hybridized carbons (Fsp3) is 0.348. The van der Waals surface area contributed by atoms with E-state index in [2.05, 4.69) is 0 Å². The van der Waals surface area contributed by atoms with Crippen molar-refractivity contribution >= 4 is 11.0 Å². The van der Waals surface area contributed by atoms with Crippen LogP contribution in [0.4, 0.5) is 0 Å². The second kappa shape index (κ2) is 9.60. The highest BCUT2D eigenvalue weighted by molar-refractivity contribution is 5.91. The quantitative estimate of drug-likeness (QED) is 0.272. The predicted molar refractivity (Wildman–Crippen MR) is 119 cm³/mol. The van der Waals surface area contributed by atoms with Gasteiger partial charge in [-0.2, -0.15) is 0 Å². The minimum absolute atomic E-state index is 0.0655. The molecule has 1 aromatic heterocycles. The fourth-order valence-corrected chi connectivity index (χ4v) is 3.85. The fourth-order valence-electron chi connectivity index (χ4n) is 3.85. The van der Waals surface area contributed by atoms with Crippen molar-refractivity contribution in [1.29, 1.82) is 0 Å². The van der Waals surface area contributed by atoms with Crippen molar-refractivity contribution < 1.29 is 54.0 Å². The Labute approximate surface area is 197 Å². The van der Waals surface area contributed by atoms with E-state index in [-0.39, 0.29) is 39.5 Å². The first-order chi connectivity index (χ1) is 16.7. The Hall–Kier alpha value is -3.55. The molecule has 3 aromatic rings. The highest BCUT2D eigenvalue weighted by atomic mass is 16.7. The van der Waals surface area contributed by atoms with Gasteiger partial charge < -0.3 is 54.0 Å². The van der Waals surface area contributed by atoms with Crippen LogP contribution in [0, 0.1) is 0 Å². The zero-order valence-electron chi connectivity index (χ0n) is 18.6. The number of rotatable bonds is 6. The van der Waals surface area contributed by atoms with Gasteiger partial charge in [-0.15, -0.1) is 0 Å². The molecule has 35 heavy (non-hydrogen) atoms. The second-order valence-corrected chi connectivity index (χ2v) is 7.81. The van der Waals surface area contributed by atoms with Crippen LogP contribution in [0.3, 0.4) is 0 Å². The van der Waals surface area contributed by atoms with Crippen LogP contribution in [0.1, 0.15) is 0 Å². The average molecular weight is 492 g/mol. The van der Waals surface area contributed by atoms with Gasteiger partial charge in [0.2, 0.25) is 17.5 Å². The maximum atomic E-state index is 13.2. The number of methoxy groups -OCH3 is 2. The van der Waals surface area contributed by atoms with E-state index in [4.69, 9.17) is 23.4 Å². The Morgan fingerprint density at radius 1 is 0.971 bits per heavy atom. The Morgan fingerprint density at radius 3 is 2.37 bits per heavy atom. The summed E-state index contributed by atoms with van der Waals surface area (Å²) >= 11 is 0. The van der Waals surface area contributed by atoms with Gasteiger partial charge in [0.05, 0.1) is 26.4 Å². The van der Waals surface area contributed by atoms with Gasteiger partial charge in [-0.3, -0.25) is 4.79 Å². The summed E-state index contributed by atoms with van der Waals surface area (Å²) in [5, 5.41) is 60.0. The number of phenolic OH excluding ortho intramolecular Hbond substituents is 2. The van der Waals surface area contributed by atoms with Crippen molar-refractivity contribution in [2.45, 2.75) is 30.7 Å². The van der Waals surface area contributed by atoms with Crippen LogP contribution in [0.25, 0.3) is 22.1 Å². The van der Waals surface area contributed by atoms with Crippen LogP contribution in [0.15, 0.2) is 39.7 Å². The van der Waals surface area contributed by atoms with E-state index in [0.717, 1.165) is 6.26 Å². The van der Waals surface area contributed by atoms with Crippen molar-refractivity contribution in [1.82, 2.24) is 0 Å². The zero-order chi connectivity index (χ0) is 25.4. The summed E-state index contributed by atoms with van der Waals surface area (Å²) in [6.45, 7) is -0.662. The molecule has 1 aliphatic heterocycles. The lowest BCUT2D eigenvalue weighted by molar-refractivity contribution is -0.277. The van der Waals surface area contributed by atoms with Crippen LogP contribution in [0.5, 0.6) is 28.7 Å². The molecule has 5 atom stereocenters. The van der Waals surface area contributed by atoms with Gasteiger partial charge in [-0.1, -0.05) is 6.07 Å². The smallest absolute Gasteiger partial charge is 0.229 e. The molecule has 2 aromatic carbocycles. The summed E-state index contributed by atoms with van der Waals surface area (Å²) in [6.07, 6.45) is -6.62. The number of aliphatic hydroxyl groups is 4. The first-order valence-corrected chi connectivity index (χ1v) is 10.4. The van der Waals surface area contributed by atoms with Crippen molar-refractivity contribution in [3.8, 4) is 39.9 Å². The molecule has 6 N–H and O–H groups in total. The van der Waals surface area contributed by atoms with Gasteiger partial charge in [-0.25, -0.2) is 0 Å².